The van der Waals surface area contributed by atoms with Gasteiger partial charge in [-0.05, 0) is 31.5 Å². The van der Waals surface area contributed by atoms with Crippen molar-refractivity contribution >= 4 is 11.0 Å². The molecule has 0 spiro atoms. The van der Waals surface area contributed by atoms with E-state index in [0.29, 0.717) is 0 Å². The van der Waals surface area contributed by atoms with Gasteiger partial charge in [-0.25, -0.2) is 4.98 Å². The van der Waals surface area contributed by atoms with Crippen molar-refractivity contribution in [3.63, 3.8) is 0 Å². The maximum atomic E-state index is 4.84. The lowest BCUT2D eigenvalue weighted by Crippen LogP contribution is -2.43. The Bertz CT molecular complexity index is 567. The van der Waals surface area contributed by atoms with Crippen molar-refractivity contribution in [3.05, 3.63) is 29.6 Å². The molecule has 1 aromatic heterocycles. The van der Waals surface area contributed by atoms with Gasteiger partial charge >= 0.3 is 0 Å². The van der Waals surface area contributed by atoms with E-state index < -0.39 is 0 Å². The Morgan fingerprint density at radius 2 is 2.05 bits per heavy atom. The predicted molar refractivity (Wildman–Crippen MR) is 78.3 cm³/mol. The number of hydrogen-bond donors (Lipinski definition) is 1. The lowest BCUT2D eigenvalue weighted by molar-refractivity contribution is 0.225. The molecule has 102 valence electrons. The highest BCUT2D eigenvalue weighted by atomic mass is 15.2. The number of benzene rings is 1. The standard InChI is InChI=1S/C15H22N4/c1-3-19-14-5-4-12(2)10-13(14)17-15(19)11-18-8-6-16-7-9-18/h4-5,10,16H,3,6-9,11H2,1-2H3. The lowest BCUT2D eigenvalue weighted by atomic mass is 10.2. The zero-order chi connectivity index (χ0) is 13.2. The van der Waals surface area contributed by atoms with Crippen LogP contribution in [0.25, 0.3) is 11.0 Å². The molecule has 0 radical (unpaired) electrons. The lowest BCUT2D eigenvalue weighted by Gasteiger charge is -2.26. The molecule has 2 heterocycles. The fourth-order valence-electron chi connectivity index (χ4n) is 2.83. The predicted octanol–water partition coefficient (Wildman–Crippen LogP) is 1.77. The fourth-order valence-corrected chi connectivity index (χ4v) is 2.83. The molecule has 1 saturated heterocycles. The quantitative estimate of drug-likeness (QED) is 0.911. The average Bonchev–Trinajstić information content (AvgIpc) is 2.76. The van der Waals surface area contributed by atoms with Crippen LogP contribution in [0.2, 0.25) is 0 Å². The Morgan fingerprint density at radius 1 is 1.26 bits per heavy atom. The highest BCUT2D eigenvalue weighted by Gasteiger charge is 2.15. The van der Waals surface area contributed by atoms with E-state index in [2.05, 4.69) is 46.8 Å². The van der Waals surface area contributed by atoms with E-state index in [0.717, 1.165) is 44.8 Å². The van der Waals surface area contributed by atoms with Crippen LogP contribution < -0.4 is 5.32 Å². The second-order valence-electron chi connectivity index (χ2n) is 5.29. The minimum Gasteiger partial charge on any atom is -0.327 e. The zero-order valence-corrected chi connectivity index (χ0v) is 11.8. The third-order valence-electron chi connectivity index (χ3n) is 3.87. The number of piperazine rings is 1. The summed E-state index contributed by atoms with van der Waals surface area (Å²) in [5, 5.41) is 3.39. The molecule has 4 heteroatoms. The van der Waals surface area contributed by atoms with E-state index in [1.165, 1.54) is 16.9 Å². The van der Waals surface area contributed by atoms with Gasteiger partial charge in [-0.15, -0.1) is 0 Å². The Morgan fingerprint density at radius 3 is 2.79 bits per heavy atom. The first kappa shape index (κ1) is 12.6. The molecule has 1 aromatic carbocycles. The summed E-state index contributed by atoms with van der Waals surface area (Å²) in [7, 11) is 0. The summed E-state index contributed by atoms with van der Waals surface area (Å²) < 4.78 is 2.34. The van der Waals surface area contributed by atoms with Gasteiger partial charge < -0.3 is 9.88 Å². The van der Waals surface area contributed by atoms with Gasteiger partial charge in [0.25, 0.3) is 0 Å². The monoisotopic (exact) mass is 258 g/mol. The van der Waals surface area contributed by atoms with Gasteiger partial charge in [0.1, 0.15) is 5.82 Å². The van der Waals surface area contributed by atoms with E-state index in [1.54, 1.807) is 0 Å². The summed E-state index contributed by atoms with van der Waals surface area (Å²) in [6.45, 7) is 10.7. The molecule has 0 saturated carbocycles. The van der Waals surface area contributed by atoms with Crippen LogP contribution in [-0.2, 0) is 13.1 Å². The second-order valence-corrected chi connectivity index (χ2v) is 5.29. The molecule has 2 aromatic rings. The summed E-state index contributed by atoms with van der Waals surface area (Å²) in [5.74, 6) is 1.20. The first-order chi connectivity index (χ1) is 9.28. The molecular weight excluding hydrogens is 236 g/mol. The SMILES string of the molecule is CCn1c(CN2CCNCC2)nc2cc(C)ccc21. The van der Waals surface area contributed by atoms with E-state index in [1.807, 2.05) is 0 Å². The van der Waals surface area contributed by atoms with Crippen LogP contribution in [0.5, 0.6) is 0 Å². The van der Waals surface area contributed by atoms with Crippen LogP contribution in [0, 0.1) is 6.92 Å². The van der Waals surface area contributed by atoms with Gasteiger partial charge in [-0.1, -0.05) is 6.07 Å². The molecule has 0 bridgehead atoms. The second kappa shape index (κ2) is 5.31. The topological polar surface area (TPSA) is 33.1 Å². The first-order valence-corrected chi connectivity index (χ1v) is 7.17. The van der Waals surface area contributed by atoms with Crippen LogP contribution in [0.1, 0.15) is 18.3 Å². The average molecular weight is 258 g/mol. The molecule has 0 unspecified atom stereocenters. The number of nitrogens with zero attached hydrogens (tertiary/aromatic N) is 3. The summed E-state index contributed by atoms with van der Waals surface area (Å²) in [6, 6.07) is 6.55. The van der Waals surface area contributed by atoms with Crippen LogP contribution in [0.3, 0.4) is 0 Å². The Hall–Kier alpha value is -1.39. The minimum absolute atomic E-state index is 0.962. The summed E-state index contributed by atoms with van der Waals surface area (Å²) in [6.07, 6.45) is 0. The van der Waals surface area contributed by atoms with Crippen LogP contribution in [0.15, 0.2) is 18.2 Å². The molecule has 1 aliphatic rings. The highest BCUT2D eigenvalue weighted by Crippen LogP contribution is 2.19. The number of hydrogen-bond acceptors (Lipinski definition) is 3. The number of aromatic nitrogens is 2. The van der Waals surface area contributed by atoms with Crippen LogP contribution >= 0.6 is 0 Å². The summed E-state index contributed by atoms with van der Waals surface area (Å²) in [4.78, 5) is 7.32. The third-order valence-corrected chi connectivity index (χ3v) is 3.87. The molecule has 0 atom stereocenters. The zero-order valence-electron chi connectivity index (χ0n) is 11.8. The third kappa shape index (κ3) is 2.51. The Balaban J connectivity index is 1.93. The molecule has 1 aliphatic heterocycles. The minimum atomic E-state index is 0.962. The van der Waals surface area contributed by atoms with E-state index in [4.69, 9.17) is 4.98 Å². The molecular formula is C15H22N4. The first-order valence-electron chi connectivity index (χ1n) is 7.17. The van der Waals surface area contributed by atoms with Gasteiger partial charge in [0.05, 0.1) is 17.6 Å². The van der Waals surface area contributed by atoms with E-state index in [9.17, 15) is 0 Å². The fraction of sp³-hybridized carbons (Fsp3) is 0.533. The van der Waals surface area contributed by atoms with Gasteiger partial charge in [0.15, 0.2) is 0 Å². The Labute approximate surface area is 114 Å². The molecule has 4 nitrogen and oxygen atoms in total. The molecule has 3 rings (SSSR count). The van der Waals surface area contributed by atoms with E-state index >= 15 is 0 Å². The van der Waals surface area contributed by atoms with Crippen molar-refractivity contribution in [1.29, 1.82) is 0 Å². The molecule has 0 amide bonds. The number of rotatable bonds is 3. The number of fused-ring (bicyclic) bond motifs is 1. The van der Waals surface area contributed by atoms with Crippen LogP contribution in [0.4, 0.5) is 0 Å². The normalized spacial score (nSPS) is 17.2. The molecule has 19 heavy (non-hydrogen) atoms. The summed E-state index contributed by atoms with van der Waals surface area (Å²) in [5.41, 5.74) is 3.67. The molecule has 1 fully saturated rings. The van der Waals surface area contributed by atoms with Crippen molar-refractivity contribution in [2.45, 2.75) is 26.9 Å². The van der Waals surface area contributed by atoms with E-state index in [-0.39, 0.29) is 0 Å². The van der Waals surface area contributed by atoms with Gasteiger partial charge in [-0.3, -0.25) is 4.90 Å². The van der Waals surface area contributed by atoms with Crippen molar-refractivity contribution in [3.8, 4) is 0 Å². The number of imidazole rings is 1. The Kier molecular flexibility index (Phi) is 3.53. The smallest absolute Gasteiger partial charge is 0.124 e. The largest absolute Gasteiger partial charge is 0.327 e. The van der Waals surface area contributed by atoms with Crippen molar-refractivity contribution in [1.82, 2.24) is 19.8 Å². The van der Waals surface area contributed by atoms with Crippen molar-refractivity contribution in [2.24, 2.45) is 0 Å². The van der Waals surface area contributed by atoms with Gasteiger partial charge in [-0.2, -0.15) is 0 Å². The number of nitrogens with one attached hydrogen (secondary N) is 1. The summed E-state index contributed by atoms with van der Waals surface area (Å²) >= 11 is 0. The van der Waals surface area contributed by atoms with Gasteiger partial charge in [0.2, 0.25) is 0 Å². The highest BCUT2D eigenvalue weighted by molar-refractivity contribution is 5.76. The molecule has 1 N–H and O–H groups in total. The molecule has 0 aliphatic carbocycles. The number of aryl methyl sites for hydroxylation is 2. The van der Waals surface area contributed by atoms with Gasteiger partial charge in [0, 0.05) is 32.7 Å². The van der Waals surface area contributed by atoms with Crippen LogP contribution in [-0.4, -0.2) is 40.6 Å². The maximum Gasteiger partial charge on any atom is 0.124 e. The van der Waals surface area contributed by atoms with Crippen molar-refractivity contribution < 1.29 is 0 Å². The van der Waals surface area contributed by atoms with Crippen molar-refractivity contribution in [2.75, 3.05) is 26.2 Å². The maximum absolute atomic E-state index is 4.84.